The Kier molecular flexibility index (Phi) is 3.54. The first-order valence-corrected chi connectivity index (χ1v) is 7.51. The van der Waals surface area contributed by atoms with Crippen LogP contribution in [-0.2, 0) is 0 Å². The zero-order chi connectivity index (χ0) is 13.6. The van der Waals surface area contributed by atoms with Crippen molar-refractivity contribution in [1.82, 2.24) is 10.2 Å². The summed E-state index contributed by atoms with van der Waals surface area (Å²) in [5.74, 6) is 0. The zero-order valence-electron chi connectivity index (χ0n) is 12.8. The number of nitrogens with one attached hydrogen (secondary N) is 1. The highest BCUT2D eigenvalue weighted by Crippen LogP contribution is 2.45. The summed E-state index contributed by atoms with van der Waals surface area (Å²) in [5, 5.41) is 3.78. The van der Waals surface area contributed by atoms with Gasteiger partial charge in [-0.3, -0.25) is 4.90 Å². The lowest BCUT2D eigenvalue weighted by Gasteiger charge is -2.56. The summed E-state index contributed by atoms with van der Waals surface area (Å²) in [5.41, 5.74) is 7.11. The van der Waals surface area contributed by atoms with E-state index in [1.807, 2.05) is 0 Å². The van der Waals surface area contributed by atoms with Gasteiger partial charge in [0.2, 0.25) is 0 Å². The van der Waals surface area contributed by atoms with Crippen LogP contribution >= 0.6 is 0 Å². The maximum absolute atomic E-state index is 6.54. The number of rotatable bonds is 2. The van der Waals surface area contributed by atoms with Gasteiger partial charge < -0.3 is 11.1 Å². The maximum atomic E-state index is 6.54. The second-order valence-corrected chi connectivity index (χ2v) is 7.73. The van der Waals surface area contributed by atoms with E-state index >= 15 is 0 Å². The lowest BCUT2D eigenvalue weighted by atomic mass is 9.68. The molecule has 3 heteroatoms. The summed E-state index contributed by atoms with van der Waals surface area (Å²) in [4.78, 5) is 2.68. The highest BCUT2D eigenvalue weighted by Gasteiger charge is 2.55. The Morgan fingerprint density at radius 3 is 2.22 bits per heavy atom. The average Bonchev–Trinajstić information content (AvgIpc) is 2.42. The standard InChI is InChI=1S/C15H31N3/c1-6-8-18-9-7-12(16)15(18)10-13(2,3)17-14(4,5)11-15/h12,17H,6-11,16H2,1-5H3. The van der Waals surface area contributed by atoms with Gasteiger partial charge in [0.15, 0.2) is 0 Å². The van der Waals surface area contributed by atoms with Crippen LogP contribution in [0.1, 0.15) is 60.3 Å². The third-order valence-electron chi connectivity index (χ3n) is 4.70. The molecular weight excluding hydrogens is 222 g/mol. The molecule has 2 rings (SSSR count). The third kappa shape index (κ3) is 2.45. The molecule has 0 radical (unpaired) electrons. The van der Waals surface area contributed by atoms with E-state index in [9.17, 15) is 0 Å². The zero-order valence-corrected chi connectivity index (χ0v) is 12.8. The topological polar surface area (TPSA) is 41.3 Å². The van der Waals surface area contributed by atoms with Gasteiger partial charge in [-0.1, -0.05) is 6.92 Å². The van der Waals surface area contributed by atoms with Crippen LogP contribution in [-0.4, -0.2) is 40.6 Å². The quantitative estimate of drug-likeness (QED) is 0.792. The lowest BCUT2D eigenvalue weighted by molar-refractivity contribution is 0.00261. The van der Waals surface area contributed by atoms with Crippen LogP contribution in [0.15, 0.2) is 0 Å². The number of piperidine rings is 1. The van der Waals surface area contributed by atoms with Gasteiger partial charge in [-0.15, -0.1) is 0 Å². The summed E-state index contributed by atoms with van der Waals surface area (Å²) in [7, 11) is 0. The summed E-state index contributed by atoms with van der Waals surface area (Å²) in [6.45, 7) is 13.9. The van der Waals surface area contributed by atoms with Crippen LogP contribution in [0.4, 0.5) is 0 Å². The molecule has 0 aromatic carbocycles. The number of hydrogen-bond donors (Lipinski definition) is 2. The van der Waals surface area contributed by atoms with Crippen molar-refractivity contribution >= 4 is 0 Å². The van der Waals surface area contributed by atoms with Gasteiger partial charge in [0.1, 0.15) is 0 Å². The maximum Gasteiger partial charge on any atom is 0.0395 e. The molecule has 106 valence electrons. The van der Waals surface area contributed by atoms with Gasteiger partial charge in [0.05, 0.1) is 0 Å². The van der Waals surface area contributed by atoms with Crippen molar-refractivity contribution < 1.29 is 0 Å². The van der Waals surface area contributed by atoms with E-state index in [4.69, 9.17) is 5.73 Å². The Balaban J connectivity index is 2.31. The average molecular weight is 253 g/mol. The number of hydrogen-bond acceptors (Lipinski definition) is 3. The molecule has 2 aliphatic heterocycles. The van der Waals surface area contributed by atoms with Crippen LogP contribution < -0.4 is 11.1 Å². The van der Waals surface area contributed by atoms with Crippen LogP contribution in [0, 0.1) is 0 Å². The van der Waals surface area contributed by atoms with E-state index in [-0.39, 0.29) is 16.6 Å². The highest BCUT2D eigenvalue weighted by molar-refractivity contribution is 5.15. The lowest BCUT2D eigenvalue weighted by Crippen LogP contribution is -2.70. The molecule has 2 aliphatic rings. The monoisotopic (exact) mass is 253 g/mol. The van der Waals surface area contributed by atoms with E-state index in [0.29, 0.717) is 6.04 Å². The smallest absolute Gasteiger partial charge is 0.0395 e. The van der Waals surface area contributed by atoms with Crippen molar-refractivity contribution in [2.75, 3.05) is 13.1 Å². The molecule has 2 fully saturated rings. The first kappa shape index (κ1) is 14.3. The van der Waals surface area contributed by atoms with E-state index < -0.39 is 0 Å². The highest BCUT2D eigenvalue weighted by atomic mass is 15.3. The Morgan fingerprint density at radius 2 is 1.72 bits per heavy atom. The second-order valence-electron chi connectivity index (χ2n) is 7.73. The minimum atomic E-state index is 0.176. The first-order valence-electron chi connectivity index (χ1n) is 7.51. The molecule has 1 unspecified atom stereocenters. The first-order chi connectivity index (χ1) is 8.21. The minimum Gasteiger partial charge on any atom is -0.326 e. The molecular formula is C15H31N3. The molecule has 0 aromatic heterocycles. The van der Waals surface area contributed by atoms with Crippen molar-refractivity contribution in [3.63, 3.8) is 0 Å². The number of likely N-dealkylation sites (tertiary alicyclic amines) is 1. The van der Waals surface area contributed by atoms with Crippen LogP contribution in [0.5, 0.6) is 0 Å². The van der Waals surface area contributed by atoms with Gasteiger partial charge in [-0.05, 0) is 59.9 Å². The predicted molar refractivity (Wildman–Crippen MR) is 77.7 cm³/mol. The van der Waals surface area contributed by atoms with Crippen molar-refractivity contribution in [1.29, 1.82) is 0 Å². The van der Waals surface area contributed by atoms with Gasteiger partial charge >= 0.3 is 0 Å². The molecule has 0 amide bonds. The minimum absolute atomic E-state index is 0.176. The molecule has 0 aromatic rings. The number of nitrogens with zero attached hydrogens (tertiary/aromatic N) is 1. The molecule has 1 atom stereocenters. The molecule has 0 saturated carbocycles. The van der Waals surface area contributed by atoms with E-state index in [0.717, 1.165) is 6.42 Å². The third-order valence-corrected chi connectivity index (χ3v) is 4.70. The van der Waals surface area contributed by atoms with Crippen LogP contribution in [0.2, 0.25) is 0 Å². The molecule has 3 N–H and O–H groups in total. The number of nitrogens with two attached hydrogens (primary N) is 1. The Bertz CT molecular complexity index is 291. The van der Waals surface area contributed by atoms with Crippen LogP contribution in [0.3, 0.4) is 0 Å². The fourth-order valence-electron chi connectivity index (χ4n) is 4.71. The molecule has 0 aliphatic carbocycles. The summed E-state index contributed by atoms with van der Waals surface area (Å²) < 4.78 is 0. The molecule has 3 nitrogen and oxygen atoms in total. The molecule has 2 saturated heterocycles. The fraction of sp³-hybridized carbons (Fsp3) is 1.00. The second kappa shape index (κ2) is 4.46. The van der Waals surface area contributed by atoms with Crippen molar-refractivity contribution in [3.8, 4) is 0 Å². The Hall–Kier alpha value is -0.120. The van der Waals surface area contributed by atoms with E-state index in [2.05, 4.69) is 44.8 Å². The summed E-state index contributed by atoms with van der Waals surface area (Å²) >= 11 is 0. The van der Waals surface area contributed by atoms with Gasteiger partial charge in [-0.2, -0.15) is 0 Å². The molecule has 18 heavy (non-hydrogen) atoms. The van der Waals surface area contributed by atoms with Crippen molar-refractivity contribution in [2.45, 2.75) is 83.0 Å². The molecule has 1 spiro atoms. The Morgan fingerprint density at radius 1 is 1.17 bits per heavy atom. The van der Waals surface area contributed by atoms with Gasteiger partial charge in [0.25, 0.3) is 0 Å². The summed E-state index contributed by atoms with van der Waals surface area (Å²) in [6.07, 6.45) is 4.73. The van der Waals surface area contributed by atoms with Crippen molar-refractivity contribution in [2.24, 2.45) is 5.73 Å². The van der Waals surface area contributed by atoms with Crippen molar-refractivity contribution in [3.05, 3.63) is 0 Å². The normalized spacial score (nSPS) is 34.0. The van der Waals surface area contributed by atoms with E-state index in [1.165, 1.54) is 32.4 Å². The van der Waals surface area contributed by atoms with Gasteiger partial charge in [0, 0.05) is 29.2 Å². The largest absolute Gasteiger partial charge is 0.326 e. The van der Waals surface area contributed by atoms with E-state index in [1.54, 1.807) is 0 Å². The van der Waals surface area contributed by atoms with Crippen LogP contribution in [0.25, 0.3) is 0 Å². The van der Waals surface area contributed by atoms with Gasteiger partial charge in [-0.25, -0.2) is 0 Å². The summed E-state index contributed by atoms with van der Waals surface area (Å²) in [6, 6.07) is 0.338. The fourth-order valence-corrected chi connectivity index (χ4v) is 4.71. The molecule has 2 heterocycles. The SMILES string of the molecule is CCCN1CCC(N)C12CC(C)(C)NC(C)(C)C2. The predicted octanol–water partition coefficient (Wildman–Crippen LogP) is 2.11. The molecule has 0 bridgehead atoms. The Labute approximate surface area is 112 Å².